The lowest BCUT2D eigenvalue weighted by Gasteiger charge is -2.31. The van der Waals surface area contributed by atoms with Gasteiger partial charge in [-0.3, -0.25) is 4.79 Å². The Morgan fingerprint density at radius 1 is 1.47 bits per heavy atom. The number of rotatable bonds is 1. The Morgan fingerprint density at radius 2 is 2.24 bits per heavy atom. The second kappa shape index (κ2) is 4.78. The Bertz CT molecular complexity index is 428. The molecule has 2 N–H and O–H groups in total. The van der Waals surface area contributed by atoms with Gasteiger partial charge >= 0.3 is 0 Å². The molecule has 1 aliphatic heterocycles. The van der Waals surface area contributed by atoms with Crippen LogP contribution < -0.4 is 5.73 Å². The number of nitrogen functional groups attached to an aromatic ring is 1. The van der Waals surface area contributed by atoms with Crippen LogP contribution in [0, 0.1) is 12.8 Å². The van der Waals surface area contributed by atoms with Gasteiger partial charge in [0, 0.05) is 18.8 Å². The lowest BCUT2D eigenvalue weighted by Crippen LogP contribution is -2.39. The van der Waals surface area contributed by atoms with Gasteiger partial charge in [-0.15, -0.1) is 0 Å². The van der Waals surface area contributed by atoms with Crippen molar-refractivity contribution in [2.45, 2.75) is 26.7 Å². The van der Waals surface area contributed by atoms with Crippen molar-refractivity contribution in [3.05, 3.63) is 29.3 Å². The van der Waals surface area contributed by atoms with Gasteiger partial charge in [0.2, 0.25) is 0 Å². The van der Waals surface area contributed by atoms with E-state index in [-0.39, 0.29) is 5.91 Å². The Hall–Kier alpha value is -1.51. The number of nitrogens with zero attached hydrogens (tertiary/aromatic N) is 1. The van der Waals surface area contributed by atoms with Crippen LogP contribution in [0.25, 0.3) is 0 Å². The van der Waals surface area contributed by atoms with E-state index >= 15 is 0 Å². The number of carbonyl (C=O) groups excluding carboxylic acids is 1. The van der Waals surface area contributed by atoms with Gasteiger partial charge in [0.05, 0.1) is 5.56 Å². The molecule has 3 heteroatoms. The number of amides is 1. The van der Waals surface area contributed by atoms with Gasteiger partial charge in [0.1, 0.15) is 0 Å². The maximum atomic E-state index is 12.3. The lowest BCUT2D eigenvalue weighted by molar-refractivity contribution is 0.0684. The van der Waals surface area contributed by atoms with Crippen LogP contribution in [-0.4, -0.2) is 23.9 Å². The monoisotopic (exact) mass is 232 g/mol. The van der Waals surface area contributed by atoms with Gasteiger partial charge < -0.3 is 10.6 Å². The van der Waals surface area contributed by atoms with Crippen LogP contribution in [0.5, 0.6) is 0 Å². The van der Waals surface area contributed by atoms with Crippen LogP contribution in [0.1, 0.15) is 35.7 Å². The highest BCUT2D eigenvalue weighted by atomic mass is 16.2. The van der Waals surface area contributed by atoms with Gasteiger partial charge in [0.15, 0.2) is 0 Å². The van der Waals surface area contributed by atoms with Crippen LogP contribution in [0.15, 0.2) is 18.2 Å². The van der Waals surface area contributed by atoms with Crippen LogP contribution in [0.2, 0.25) is 0 Å². The maximum absolute atomic E-state index is 12.3. The third-order valence-corrected chi connectivity index (χ3v) is 3.38. The molecule has 1 fully saturated rings. The molecule has 17 heavy (non-hydrogen) atoms. The molecule has 0 spiro atoms. The SMILES string of the molecule is Cc1ccc(C(=O)N2CCCC(C)C2)c(N)c1. The van der Waals surface area contributed by atoms with E-state index < -0.39 is 0 Å². The van der Waals surface area contributed by atoms with Crippen LogP contribution in [0.3, 0.4) is 0 Å². The highest BCUT2D eigenvalue weighted by molar-refractivity contribution is 5.99. The summed E-state index contributed by atoms with van der Waals surface area (Å²) in [5.74, 6) is 0.674. The molecule has 1 amide bonds. The Kier molecular flexibility index (Phi) is 3.36. The first kappa shape index (κ1) is 12.0. The molecule has 0 radical (unpaired) electrons. The largest absolute Gasteiger partial charge is 0.398 e. The van der Waals surface area contributed by atoms with Crippen molar-refractivity contribution in [3.63, 3.8) is 0 Å². The summed E-state index contributed by atoms with van der Waals surface area (Å²) < 4.78 is 0. The summed E-state index contributed by atoms with van der Waals surface area (Å²) in [4.78, 5) is 14.2. The average molecular weight is 232 g/mol. The van der Waals surface area contributed by atoms with E-state index in [0.29, 0.717) is 17.2 Å². The summed E-state index contributed by atoms with van der Waals surface area (Å²) in [7, 11) is 0. The van der Waals surface area contributed by atoms with Gasteiger partial charge in [-0.2, -0.15) is 0 Å². The van der Waals surface area contributed by atoms with Crippen molar-refractivity contribution in [2.24, 2.45) is 5.92 Å². The van der Waals surface area contributed by atoms with Gasteiger partial charge in [0.25, 0.3) is 5.91 Å². The molecule has 2 rings (SSSR count). The number of benzene rings is 1. The van der Waals surface area contributed by atoms with E-state index in [1.165, 1.54) is 6.42 Å². The van der Waals surface area contributed by atoms with Gasteiger partial charge in [-0.05, 0) is 43.4 Å². The summed E-state index contributed by atoms with van der Waals surface area (Å²) in [6.07, 6.45) is 2.31. The summed E-state index contributed by atoms with van der Waals surface area (Å²) in [6, 6.07) is 5.64. The maximum Gasteiger partial charge on any atom is 0.255 e. The molecule has 1 saturated heterocycles. The number of hydrogen-bond donors (Lipinski definition) is 1. The highest BCUT2D eigenvalue weighted by Crippen LogP contribution is 2.21. The first-order valence-corrected chi connectivity index (χ1v) is 6.23. The van der Waals surface area contributed by atoms with E-state index in [0.717, 1.165) is 25.1 Å². The second-order valence-electron chi connectivity index (χ2n) is 5.09. The standard InChI is InChI=1S/C14H20N2O/c1-10-5-6-12(13(15)8-10)14(17)16-7-3-4-11(2)9-16/h5-6,8,11H,3-4,7,9,15H2,1-2H3. The van der Waals surface area contributed by atoms with Crippen molar-refractivity contribution in [1.29, 1.82) is 0 Å². The highest BCUT2D eigenvalue weighted by Gasteiger charge is 2.23. The minimum atomic E-state index is 0.0778. The molecule has 0 aromatic heterocycles. The number of aryl methyl sites for hydroxylation is 1. The molecule has 1 aliphatic rings. The zero-order chi connectivity index (χ0) is 12.4. The summed E-state index contributed by atoms with van der Waals surface area (Å²) in [5, 5.41) is 0. The molecule has 1 unspecified atom stereocenters. The number of nitrogens with two attached hydrogens (primary N) is 1. The lowest BCUT2D eigenvalue weighted by atomic mass is 9.99. The fraction of sp³-hybridized carbons (Fsp3) is 0.500. The molecule has 1 atom stereocenters. The normalized spacial score (nSPS) is 20.4. The van der Waals surface area contributed by atoms with Gasteiger partial charge in [-0.25, -0.2) is 0 Å². The van der Waals surface area contributed by atoms with Gasteiger partial charge in [-0.1, -0.05) is 13.0 Å². The summed E-state index contributed by atoms with van der Waals surface area (Å²) in [6.45, 7) is 5.88. The third kappa shape index (κ3) is 2.60. The van der Waals surface area contributed by atoms with E-state index in [1.807, 2.05) is 30.0 Å². The fourth-order valence-corrected chi connectivity index (χ4v) is 2.42. The minimum absolute atomic E-state index is 0.0778. The molecule has 0 saturated carbocycles. The molecule has 1 heterocycles. The smallest absolute Gasteiger partial charge is 0.255 e. The zero-order valence-electron chi connectivity index (χ0n) is 10.6. The van der Waals surface area contributed by atoms with Crippen molar-refractivity contribution in [1.82, 2.24) is 4.90 Å². The molecular weight excluding hydrogens is 212 g/mol. The predicted molar refractivity (Wildman–Crippen MR) is 69.9 cm³/mol. The third-order valence-electron chi connectivity index (χ3n) is 3.38. The summed E-state index contributed by atoms with van der Waals surface area (Å²) >= 11 is 0. The summed E-state index contributed by atoms with van der Waals surface area (Å²) in [5.41, 5.74) is 8.24. The molecular formula is C14H20N2O. The number of hydrogen-bond acceptors (Lipinski definition) is 2. The Morgan fingerprint density at radius 3 is 2.88 bits per heavy atom. The Balaban J connectivity index is 2.18. The number of anilines is 1. The zero-order valence-corrected chi connectivity index (χ0v) is 10.6. The number of carbonyl (C=O) groups is 1. The Labute approximate surface area is 103 Å². The van der Waals surface area contributed by atoms with Crippen molar-refractivity contribution in [3.8, 4) is 0 Å². The minimum Gasteiger partial charge on any atom is -0.398 e. The first-order chi connectivity index (χ1) is 8.08. The molecule has 0 aliphatic carbocycles. The molecule has 3 nitrogen and oxygen atoms in total. The molecule has 92 valence electrons. The number of likely N-dealkylation sites (tertiary alicyclic amines) is 1. The van der Waals surface area contributed by atoms with E-state index in [1.54, 1.807) is 0 Å². The molecule has 0 bridgehead atoms. The van der Waals surface area contributed by atoms with Crippen molar-refractivity contribution in [2.75, 3.05) is 18.8 Å². The van der Waals surface area contributed by atoms with E-state index in [2.05, 4.69) is 6.92 Å². The average Bonchev–Trinajstić information content (AvgIpc) is 2.28. The molecule has 1 aromatic carbocycles. The quantitative estimate of drug-likeness (QED) is 0.756. The fourth-order valence-electron chi connectivity index (χ4n) is 2.42. The van der Waals surface area contributed by atoms with E-state index in [9.17, 15) is 4.79 Å². The first-order valence-electron chi connectivity index (χ1n) is 6.23. The predicted octanol–water partition coefficient (Wildman–Crippen LogP) is 2.45. The van der Waals surface area contributed by atoms with Crippen LogP contribution >= 0.6 is 0 Å². The number of piperidine rings is 1. The van der Waals surface area contributed by atoms with Crippen LogP contribution in [0.4, 0.5) is 5.69 Å². The van der Waals surface area contributed by atoms with Crippen molar-refractivity contribution < 1.29 is 4.79 Å². The topological polar surface area (TPSA) is 46.3 Å². The van der Waals surface area contributed by atoms with Crippen LogP contribution in [-0.2, 0) is 0 Å². The van der Waals surface area contributed by atoms with Crippen molar-refractivity contribution >= 4 is 11.6 Å². The second-order valence-corrected chi connectivity index (χ2v) is 5.09. The molecule has 1 aromatic rings. The van der Waals surface area contributed by atoms with E-state index in [4.69, 9.17) is 5.73 Å².